The van der Waals surface area contributed by atoms with Gasteiger partial charge in [0.25, 0.3) is 0 Å². The summed E-state index contributed by atoms with van der Waals surface area (Å²) in [4.78, 5) is 67.7. The average molecular weight is 794 g/mol. The van der Waals surface area contributed by atoms with Crippen molar-refractivity contribution in [1.82, 2.24) is 20.4 Å². The van der Waals surface area contributed by atoms with Crippen LogP contribution in [0.4, 0.5) is 0 Å². The minimum atomic E-state index is -0.658. The maximum absolute atomic E-state index is 13.6. The standard InChI is InChI=1S/C42H83N9O5/c1-2-3-4-5-6-7-8-9-10-11-12-13-14-15-16-25-39(53)48-36(23-17-19-28-43)33-51(42(56)27-22-31-46)35-40(54)49-37(24-18-20-29-44)32-50(34-38(47)52)41(55)26-21-30-45/h9-10,36-37H,2-8,11-35,43-46H2,1H3,(H2,47,52)(H,48,53)(H,49,54)/b10-9-/t36-,37-/m0/s1. The second-order valence-electron chi connectivity index (χ2n) is 15.2. The van der Waals surface area contributed by atoms with Crippen LogP contribution in [0.15, 0.2) is 12.2 Å². The topological polar surface area (TPSA) is 246 Å². The van der Waals surface area contributed by atoms with Gasteiger partial charge in [-0.1, -0.05) is 83.3 Å². The van der Waals surface area contributed by atoms with Gasteiger partial charge in [-0.15, -0.1) is 0 Å². The molecule has 0 aliphatic heterocycles. The largest absolute Gasteiger partial charge is 0.368 e. The average Bonchev–Trinajstić information content (AvgIpc) is 3.16. The number of hydrogen-bond acceptors (Lipinski definition) is 9. The lowest BCUT2D eigenvalue weighted by Gasteiger charge is -2.30. The predicted octanol–water partition coefficient (Wildman–Crippen LogP) is 3.87. The fraction of sp³-hybridized carbons (Fsp3) is 0.833. The second kappa shape index (κ2) is 37.5. The number of unbranched alkanes of at least 4 members (excludes halogenated alkanes) is 13. The van der Waals surface area contributed by atoms with E-state index in [0.29, 0.717) is 71.1 Å². The van der Waals surface area contributed by atoms with E-state index in [4.69, 9.17) is 28.7 Å². The fourth-order valence-corrected chi connectivity index (χ4v) is 6.64. The molecule has 0 aliphatic rings. The number of amides is 5. The third-order valence-corrected chi connectivity index (χ3v) is 9.87. The van der Waals surface area contributed by atoms with Crippen LogP contribution in [0.5, 0.6) is 0 Å². The highest BCUT2D eigenvalue weighted by Crippen LogP contribution is 2.12. The molecule has 0 heterocycles. The smallest absolute Gasteiger partial charge is 0.239 e. The van der Waals surface area contributed by atoms with E-state index in [1.165, 1.54) is 54.7 Å². The molecule has 0 aromatic carbocycles. The molecule has 0 bridgehead atoms. The predicted molar refractivity (Wildman–Crippen MR) is 228 cm³/mol. The van der Waals surface area contributed by atoms with E-state index in [-0.39, 0.29) is 62.8 Å². The summed E-state index contributed by atoms with van der Waals surface area (Å²) in [7, 11) is 0. The van der Waals surface area contributed by atoms with Crippen molar-refractivity contribution < 1.29 is 24.0 Å². The molecule has 0 spiro atoms. The lowest BCUT2D eigenvalue weighted by atomic mass is 10.1. The van der Waals surface area contributed by atoms with E-state index in [0.717, 1.165) is 51.4 Å². The van der Waals surface area contributed by atoms with Gasteiger partial charge >= 0.3 is 0 Å². The monoisotopic (exact) mass is 794 g/mol. The summed E-state index contributed by atoms with van der Waals surface area (Å²) in [6.45, 7) is 3.63. The zero-order chi connectivity index (χ0) is 41.7. The molecule has 12 N–H and O–H groups in total. The van der Waals surface area contributed by atoms with Crippen LogP contribution in [-0.2, 0) is 24.0 Å². The van der Waals surface area contributed by atoms with Crippen molar-refractivity contribution in [3.05, 3.63) is 12.2 Å². The third kappa shape index (κ3) is 31.1. The Morgan fingerprint density at radius 2 is 0.929 bits per heavy atom. The van der Waals surface area contributed by atoms with Crippen LogP contribution in [0, 0.1) is 0 Å². The zero-order valence-corrected chi connectivity index (χ0v) is 35.3. The second-order valence-corrected chi connectivity index (χ2v) is 15.2. The Morgan fingerprint density at radius 3 is 1.39 bits per heavy atom. The normalized spacial score (nSPS) is 12.4. The van der Waals surface area contributed by atoms with Crippen LogP contribution < -0.4 is 39.3 Å². The summed E-state index contributed by atoms with van der Waals surface area (Å²) >= 11 is 0. The quantitative estimate of drug-likeness (QED) is 0.0352. The Kier molecular flexibility index (Phi) is 35.4. The van der Waals surface area contributed by atoms with E-state index in [1.54, 1.807) is 0 Å². The number of carbonyl (C=O) groups is 5. The first kappa shape index (κ1) is 52.9. The summed E-state index contributed by atoms with van der Waals surface area (Å²) in [5.74, 6) is -1.63. The Bertz CT molecular complexity index is 1060. The molecule has 0 rings (SSSR count). The number of allylic oxidation sites excluding steroid dienone is 2. The molecule has 326 valence electrons. The first-order valence-electron chi connectivity index (χ1n) is 22.0. The van der Waals surface area contributed by atoms with Gasteiger partial charge in [-0.25, -0.2) is 0 Å². The molecule has 0 saturated heterocycles. The van der Waals surface area contributed by atoms with Gasteiger partial charge in [0, 0.05) is 44.4 Å². The summed E-state index contributed by atoms with van der Waals surface area (Å²) in [6.07, 6.45) is 25.8. The number of carbonyl (C=O) groups excluding carboxylic acids is 5. The molecule has 5 amide bonds. The lowest BCUT2D eigenvalue weighted by Crippen LogP contribution is -2.52. The van der Waals surface area contributed by atoms with Crippen LogP contribution in [0.1, 0.15) is 161 Å². The van der Waals surface area contributed by atoms with Crippen LogP contribution >= 0.6 is 0 Å². The molecule has 0 aliphatic carbocycles. The number of nitrogens with two attached hydrogens (primary N) is 5. The minimum absolute atomic E-state index is 0.0620. The van der Waals surface area contributed by atoms with E-state index in [2.05, 4.69) is 29.7 Å². The molecule has 0 saturated carbocycles. The zero-order valence-electron chi connectivity index (χ0n) is 35.3. The third-order valence-electron chi connectivity index (χ3n) is 9.87. The number of primary amides is 1. The number of nitrogens with one attached hydrogen (secondary N) is 2. The molecule has 2 atom stereocenters. The summed E-state index contributed by atoms with van der Waals surface area (Å²) in [5.41, 5.74) is 28.2. The molecule has 14 nitrogen and oxygen atoms in total. The highest BCUT2D eigenvalue weighted by molar-refractivity contribution is 5.86. The summed E-state index contributed by atoms with van der Waals surface area (Å²) in [5, 5.41) is 6.13. The van der Waals surface area contributed by atoms with Crippen LogP contribution in [0.2, 0.25) is 0 Å². The van der Waals surface area contributed by atoms with Crippen molar-refractivity contribution in [1.29, 1.82) is 0 Å². The number of rotatable bonds is 39. The Morgan fingerprint density at radius 1 is 0.500 bits per heavy atom. The Hall–Kier alpha value is -3.07. The lowest BCUT2D eigenvalue weighted by molar-refractivity contribution is -0.138. The van der Waals surface area contributed by atoms with Crippen LogP contribution in [-0.4, -0.2) is 104 Å². The minimum Gasteiger partial charge on any atom is -0.368 e. The highest BCUT2D eigenvalue weighted by atomic mass is 16.2. The molecule has 0 aromatic heterocycles. The SMILES string of the molecule is CCCCCCCC/C=C\CCCCCCCC(=O)N[C@@H](CCCCN)CN(CC(=O)N[C@@H](CCCCN)CN(CC(N)=O)C(=O)CCCN)C(=O)CCCN. The molecule has 0 aromatic rings. The van der Waals surface area contributed by atoms with Crippen molar-refractivity contribution in [3.8, 4) is 0 Å². The Labute approximate surface area is 339 Å². The maximum Gasteiger partial charge on any atom is 0.239 e. The highest BCUT2D eigenvalue weighted by Gasteiger charge is 2.26. The summed E-state index contributed by atoms with van der Waals surface area (Å²) < 4.78 is 0. The molecular weight excluding hydrogens is 711 g/mol. The van der Waals surface area contributed by atoms with E-state index >= 15 is 0 Å². The van der Waals surface area contributed by atoms with Crippen LogP contribution in [0.3, 0.4) is 0 Å². The van der Waals surface area contributed by atoms with E-state index < -0.39 is 17.9 Å². The van der Waals surface area contributed by atoms with Gasteiger partial charge < -0.3 is 49.1 Å². The van der Waals surface area contributed by atoms with Gasteiger partial charge in [-0.05, 0) is 96.8 Å². The molecular formula is C42H83N9O5. The van der Waals surface area contributed by atoms with Gasteiger partial charge in [0.05, 0.1) is 13.1 Å². The van der Waals surface area contributed by atoms with Crippen molar-refractivity contribution in [3.63, 3.8) is 0 Å². The maximum atomic E-state index is 13.6. The number of hydrogen-bond donors (Lipinski definition) is 7. The van der Waals surface area contributed by atoms with Gasteiger partial charge in [0.15, 0.2) is 0 Å². The van der Waals surface area contributed by atoms with Crippen molar-refractivity contribution >= 4 is 29.5 Å². The first-order valence-corrected chi connectivity index (χ1v) is 22.0. The van der Waals surface area contributed by atoms with Gasteiger partial charge in [-0.3, -0.25) is 24.0 Å². The fourth-order valence-electron chi connectivity index (χ4n) is 6.64. The first-order chi connectivity index (χ1) is 27.1. The molecule has 0 unspecified atom stereocenters. The Balaban J connectivity index is 5.32. The molecule has 14 heteroatoms. The van der Waals surface area contributed by atoms with Gasteiger partial charge in [-0.2, -0.15) is 0 Å². The van der Waals surface area contributed by atoms with Gasteiger partial charge in [0.2, 0.25) is 29.5 Å². The van der Waals surface area contributed by atoms with Gasteiger partial charge in [0.1, 0.15) is 0 Å². The van der Waals surface area contributed by atoms with Crippen LogP contribution in [0.25, 0.3) is 0 Å². The molecule has 0 radical (unpaired) electrons. The van der Waals surface area contributed by atoms with Crippen molar-refractivity contribution in [2.24, 2.45) is 28.7 Å². The number of nitrogens with zero attached hydrogens (tertiary/aromatic N) is 2. The summed E-state index contributed by atoms with van der Waals surface area (Å²) in [6, 6.07) is -0.846. The molecule has 0 fully saturated rings. The van der Waals surface area contributed by atoms with E-state index in [1.807, 2.05) is 0 Å². The van der Waals surface area contributed by atoms with E-state index in [9.17, 15) is 24.0 Å². The van der Waals surface area contributed by atoms with Crippen molar-refractivity contribution in [2.75, 3.05) is 52.4 Å². The van der Waals surface area contributed by atoms with Crippen molar-refractivity contribution in [2.45, 2.75) is 173 Å². The molecule has 56 heavy (non-hydrogen) atoms.